The Bertz CT molecular complexity index is 2660. The third kappa shape index (κ3) is 5.64. The lowest BCUT2D eigenvalue weighted by atomic mass is 9.96. The van der Waals surface area contributed by atoms with Crippen molar-refractivity contribution in [1.29, 1.82) is 0 Å². The maximum absolute atomic E-state index is 14.0. The van der Waals surface area contributed by atoms with Crippen molar-refractivity contribution in [2.45, 2.75) is 14.7 Å². The molecule has 0 atom stereocenters. The maximum Gasteiger partial charge on any atom is 0.397 e. The summed E-state index contributed by atoms with van der Waals surface area (Å²) in [6, 6.07) is 12.5. The van der Waals surface area contributed by atoms with E-state index in [0.29, 0.717) is 17.4 Å². The SMILES string of the molecule is O=c1c2ccc3c4cc(S(=O)(=O)O)ccc4oc4c(SOOO)cc(c(=O)n1-c1cccc(S(=O)(=O)CCOS(=O)(=O)O)c1)c2c43. The number of nitrogens with zero attached hydrogens (tertiary/aromatic N) is 1. The van der Waals surface area contributed by atoms with Crippen LogP contribution in [-0.4, -0.2) is 56.5 Å². The molecule has 240 valence electrons. The van der Waals surface area contributed by atoms with Gasteiger partial charge < -0.3 is 4.42 Å². The van der Waals surface area contributed by atoms with Gasteiger partial charge in [0.05, 0.1) is 50.2 Å². The average Bonchev–Trinajstić information content (AvgIpc) is 2.99. The summed E-state index contributed by atoms with van der Waals surface area (Å²) in [5.74, 6) is -0.861. The molecule has 0 aliphatic heterocycles. The molecule has 0 fully saturated rings. The molecule has 0 aliphatic rings. The second kappa shape index (κ2) is 11.4. The van der Waals surface area contributed by atoms with Gasteiger partial charge >= 0.3 is 10.4 Å². The molecule has 0 bridgehead atoms. The zero-order chi connectivity index (χ0) is 33.2. The number of hydrogen-bond acceptors (Lipinski definition) is 14. The number of hydrogen-bond donors (Lipinski definition) is 3. The molecule has 6 aromatic rings. The molecule has 6 rings (SSSR count). The van der Waals surface area contributed by atoms with Gasteiger partial charge in [-0.25, -0.2) is 22.4 Å². The first-order valence-electron chi connectivity index (χ1n) is 12.5. The number of aromatic nitrogens is 1. The van der Waals surface area contributed by atoms with E-state index in [1.54, 1.807) is 0 Å². The summed E-state index contributed by atoms with van der Waals surface area (Å²) >= 11 is 0.445. The van der Waals surface area contributed by atoms with Gasteiger partial charge in [-0.15, -0.1) is 4.33 Å². The summed E-state index contributed by atoms with van der Waals surface area (Å²) in [7, 11) is -13.7. The molecule has 3 N–H and O–H groups in total. The molecule has 0 spiro atoms. The van der Waals surface area contributed by atoms with E-state index < -0.39 is 58.7 Å². The van der Waals surface area contributed by atoms with Crippen LogP contribution < -0.4 is 11.1 Å². The lowest BCUT2D eigenvalue weighted by molar-refractivity contribution is -0.432. The Hall–Kier alpha value is -3.96. The van der Waals surface area contributed by atoms with Gasteiger partial charge in [-0.05, 0) is 53.9 Å². The standard InChI is InChI=1S/C26H17NO15S4/c28-25-17-6-5-16-18-11-15(45(33,34)35)4-7-20(18)40-24-21(43-42-41-30)12-19(22(17)23(16)24)26(29)27(25)13-2-1-3-14(10-13)44(31,32)9-8-39-46(36,37)38/h1-7,10-12,30H,8-9H2,(H,33,34,35)(H,36,37,38). The number of pyridine rings is 1. The highest BCUT2D eigenvalue weighted by atomic mass is 32.3. The summed E-state index contributed by atoms with van der Waals surface area (Å²) < 4.78 is 105. The highest BCUT2D eigenvalue weighted by Gasteiger charge is 2.25. The molecule has 0 amide bonds. The molecule has 0 radical (unpaired) electrons. The molecule has 2 aromatic heterocycles. The lowest BCUT2D eigenvalue weighted by Gasteiger charge is -2.16. The summed E-state index contributed by atoms with van der Waals surface area (Å²) in [5, 5.41) is 13.2. The minimum atomic E-state index is -4.90. The fraction of sp³-hybridized carbons (Fsp3) is 0.0769. The van der Waals surface area contributed by atoms with E-state index >= 15 is 0 Å². The van der Waals surface area contributed by atoms with Crippen LogP contribution in [-0.2, 0) is 43.9 Å². The monoisotopic (exact) mass is 711 g/mol. The van der Waals surface area contributed by atoms with Crippen molar-refractivity contribution < 1.29 is 57.6 Å². The van der Waals surface area contributed by atoms with Crippen molar-refractivity contribution in [3.63, 3.8) is 0 Å². The van der Waals surface area contributed by atoms with Gasteiger partial charge in [-0.2, -0.15) is 16.8 Å². The second-order valence-corrected chi connectivity index (χ2v) is 15.0. The van der Waals surface area contributed by atoms with Gasteiger partial charge in [-0.1, -0.05) is 17.2 Å². The van der Waals surface area contributed by atoms with Crippen LogP contribution in [0.25, 0.3) is 49.2 Å². The molecular weight excluding hydrogens is 695 g/mol. The zero-order valence-corrected chi connectivity index (χ0v) is 25.8. The first kappa shape index (κ1) is 32.0. The topological polar surface area (TPSA) is 243 Å². The quantitative estimate of drug-likeness (QED) is 0.0461. The Morgan fingerprint density at radius 3 is 2.20 bits per heavy atom. The van der Waals surface area contributed by atoms with Crippen molar-refractivity contribution in [3.8, 4) is 5.69 Å². The van der Waals surface area contributed by atoms with Crippen molar-refractivity contribution in [3.05, 3.63) is 81.4 Å². The molecule has 46 heavy (non-hydrogen) atoms. The van der Waals surface area contributed by atoms with E-state index in [0.717, 1.165) is 28.8 Å². The minimum absolute atomic E-state index is 0.0155. The van der Waals surface area contributed by atoms with Crippen LogP contribution in [0.4, 0.5) is 0 Å². The van der Waals surface area contributed by atoms with Crippen LogP contribution >= 0.6 is 12.0 Å². The molecule has 0 saturated heterocycles. The number of benzene rings is 4. The van der Waals surface area contributed by atoms with E-state index in [-0.39, 0.29) is 53.6 Å². The normalized spacial score (nSPS) is 13.0. The van der Waals surface area contributed by atoms with E-state index in [4.69, 9.17) is 14.2 Å². The molecular formula is C26H17NO15S4. The molecule has 4 aromatic carbocycles. The van der Waals surface area contributed by atoms with Crippen molar-refractivity contribution in [1.82, 2.24) is 4.57 Å². The number of fused-ring (bicyclic) bond motifs is 2. The third-order valence-electron chi connectivity index (χ3n) is 6.99. The van der Waals surface area contributed by atoms with E-state index in [1.807, 2.05) is 0 Å². The predicted octanol–water partition coefficient (Wildman–Crippen LogP) is 3.11. The Kier molecular flexibility index (Phi) is 7.92. The van der Waals surface area contributed by atoms with Crippen LogP contribution in [0.3, 0.4) is 0 Å². The Labute approximate surface area is 261 Å². The molecule has 0 saturated carbocycles. The highest BCUT2D eigenvalue weighted by molar-refractivity contribution is 7.94. The van der Waals surface area contributed by atoms with E-state index in [9.17, 15) is 39.4 Å². The predicted molar refractivity (Wildman–Crippen MR) is 162 cm³/mol. The van der Waals surface area contributed by atoms with E-state index in [2.05, 4.69) is 13.6 Å². The first-order chi connectivity index (χ1) is 21.6. The number of rotatable bonds is 10. The Morgan fingerprint density at radius 2 is 1.50 bits per heavy atom. The summed E-state index contributed by atoms with van der Waals surface area (Å²) in [4.78, 5) is 27.1. The summed E-state index contributed by atoms with van der Waals surface area (Å²) in [6.07, 6.45) is 0. The van der Waals surface area contributed by atoms with Crippen LogP contribution in [0.5, 0.6) is 0 Å². The maximum atomic E-state index is 14.0. The summed E-state index contributed by atoms with van der Waals surface area (Å²) in [5.41, 5.74) is -1.69. The summed E-state index contributed by atoms with van der Waals surface area (Å²) in [6.45, 7) is -0.899. The number of sulfone groups is 1. The van der Waals surface area contributed by atoms with Gasteiger partial charge in [0.25, 0.3) is 21.2 Å². The van der Waals surface area contributed by atoms with Crippen molar-refractivity contribution in [2.75, 3.05) is 12.4 Å². The Morgan fingerprint density at radius 1 is 0.783 bits per heavy atom. The Balaban J connectivity index is 1.63. The van der Waals surface area contributed by atoms with Gasteiger partial charge in [-0.3, -0.25) is 18.7 Å². The molecule has 2 heterocycles. The average molecular weight is 712 g/mol. The van der Waals surface area contributed by atoms with Gasteiger partial charge in [0.1, 0.15) is 5.58 Å². The third-order valence-corrected chi connectivity index (χ3v) is 10.6. The van der Waals surface area contributed by atoms with Crippen molar-refractivity contribution in [2.24, 2.45) is 0 Å². The second-order valence-electron chi connectivity index (χ2n) is 9.63. The largest absolute Gasteiger partial charge is 0.455 e. The zero-order valence-electron chi connectivity index (χ0n) is 22.5. The van der Waals surface area contributed by atoms with Crippen LogP contribution in [0, 0.1) is 0 Å². The molecule has 0 aliphatic carbocycles. The first-order valence-corrected chi connectivity index (χ1v) is 17.7. The van der Waals surface area contributed by atoms with Crippen molar-refractivity contribution >= 4 is 85.9 Å². The minimum Gasteiger partial charge on any atom is -0.455 e. The van der Waals surface area contributed by atoms with Crippen LogP contribution in [0.2, 0.25) is 0 Å². The van der Waals surface area contributed by atoms with Gasteiger partial charge in [0, 0.05) is 21.5 Å². The fourth-order valence-corrected chi connectivity index (χ4v) is 7.65. The highest BCUT2D eigenvalue weighted by Crippen LogP contribution is 2.42. The van der Waals surface area contributed by atoms with E-state index in [1.165, 1.54) is 36.4 Å². The molecule has 16 nitrogen and oxygen atoms in total. The van der Waals surface area contributed by atoms with Gasteiger partial charge in [0.15, 0.2) is 15.4 Å². The van der Waals surface area contributed by atoms with Gasteiger partial charge in [0.2, 0.25) is 0 Å². The smallest absolute Gasteiger partial charge is 0.397 e. The fourth-order valence-electron chi connectivity index (χ4n) is 5.13. The van der Waals surface area contributed by atoms with Crippen LogP contribution in [0.15, 0.2) is 89.4 Å². The van der Waals surface area contributed by atoms with Crippen LogP contribution in [0.1, 0.15) is 0 Å². The lowest BCUT2D eigenvalue weighted by Crippen LogP contribution is -2.32. The molecule has 20 heteroatoms. The molecule has 0 unspecified atom stereocenters.